The molecular formula is C16H14ClNO2S. The van der Waals surface area contributed by atoms with Gasteiger partial charge >= 0.3 is 0 Å². The highest BCUT2D eigenvalue weighted by molar-refractivity contribution is 7.07. The number of benzene rings is 1. The van der Waals surface area contributed by atoms with E-state index >= 15 is 0 Å². The summed E-state index contributed by atoms with van der Waals surface area (Å²) >= 11 is 7.33. The molecule has 0 aliphatic rings. The van der Waals surface area contributed by atoms with Crippen LogP contribution in [0.15, 0.2) is 51.6 Å². The number of alkyl halides is 1. The van der Waals surface area contributed by atoms with Crippen LogP contribution < -0.4 is 0 Å². The van der Waals surface area contributed by atoms with Gasteiger partial charge in [-0.05, 0) is 34.5 Å². The van der Waals surface area contributed by atoms with Crippen LogP contribution in [0.5, 0.6) is 0 Å². The van der Waals surface area contributed by atoms with Crippen LogP contribution in [0.4, 0.5) is 0 Å². The molecule has 5 heteroatoms. The van der Waals surface area contributed by atoms with Crippen LogP contribution in [-0.4, -0.2) is 16.7 Å². The fourth-order valence-corrected chi connectivity index (χ4v) is 3.05. The number of fused-ring (bicyclic) bond motifs is 1. The Morgan fingerprint density at radius 1 is 1.24 bits per heavy atom. The van der Waals surface area contributed by atoms with Gasteiger partial charge in [0.2, 0.25) is 5.91 Å². The van der Waals surface area contributed by atoms with E-state index in [4.69, 9.17) is 16.0 Å². The summed E-state index contributed by atoms with van der Waals surface area (Å²) in [4.78, 5) is 13.7. The molecule has 3 nitrogen and oxygen atoms in total. The minimum absolute atomic E-state index is 0.0234. The lowest BCUT2D eigenvalue weighted by molar-refractivity contribution is -0.129. The Balaban J connectivity index is 1.81. The Kier molecular flexibility index (Phi) is 4.27. The van der Waals surface area contributed by atoms with Gasteiger partial charge < -0.3 is 9.32 Å². The molecular weight excluding hydrogens is 306 g/mol. The van der Waals surface area contributed by atoms with E-state index in [1.807, 2.05) is 47.2 Å². The maximum Gasteiger partial charge on any atom is 0.238 e. The van der Waals surface area contributed by atoms with Crippen molar-refractivity contribution in [3.8, 4) is 0 Å². The number of nitrogens with zero attached hydrogens (tertiary/aromatic N) is 1. The minimum atomic E-state index is -0.0941. The summed E-state index contributed by atoms with van der Waals surface area (Å²) in [6.45, 7) is 0.974. The second-order valence-corrected chi connectivity index (χ2v) is 5.81. The first-order valence-electron chi connectivity index (χ1n) is 6.58. The molecule has 108 valence electrons. The van der Waals surface area contributed by atoms with Crippen LogP contribution in [0.25, 0.3) is 11.0 Å². The van der Waals surface area contributed by atoms with E-state index in [0.29, 0.717) is 13.1 Å². The van der Waals surface area contributed by atoms with Crippen molar-refractivity contribution in [3.63, 3.8) is 0 Å². The fourth-order valence-electron chi connectivity index (χ4n) is 2.22. The standard InChI is InChI=1S/C16H14ClNO2S/c17-8-16(19)18(9-12-5-6-21-11-12)10-14-7-13-3-1-2-4-15(13)20-14/h1-7,11H,8-10H2. The number of amides is 1. The fraction of sp³-hybridized carbons (Fsp3) is 0.188. The highest BCUT2D eigenvalue weighted by Gasteiger charge is 2.16. The molecule has 2 heterocycles. The molecule has 1 amide bonds. The summed E-state index contributed by atoms with van der Waals surface area (Å²) < 4.78 is 5.78. The van der Waals surface area contributed by atoms with E-state index in [9.17, 15) is 4.79 Å². The molecule has 0 fully saturated rings. The summed E-state index contributed by atoms with van der Waals surface area (Å²) in [5, 5.41) is 5.08. The van der Waals surface area contributed by atoms with Crippen molar-refractivity contribution in [2.75, 3.05) is 5.88 Å². The first-order valence-corrected chi connectivity index (χ1v) is 8.06. The van der Waals surface area contributed by atoms with Gasteiger partial charge in [0.05, 0.1) is 6.54 Å². The Hall–Kier alpha value is -1.78. The van der Waals surface area contributed by atoms with Crippen molar-refractivity contribution in [2.24, 2.45) is 0 Å². The number of carbonyl (C=O) groups excluding carboxylic acids is 1. The summed E-state index contributed by atoms with van der Waals surface area (Å²) in [5.74, 6) is 0.651. The molecule has 0 unspecified atom stereocenters. The molecule has 0 atom stereocenters. The van der Waals surface area contributed by atoms with Gasteiger partial charge in [0.25, 0.3) is 0 Å². The molecule has 1 aromatic carbocycles. The third kappa shape index (κ3) is 3.28. The van der Waals surface area contributed by atoms with E-state index in [-0.39, 0.29) is 11.8 Å². The molecule has 21 heavy (non-hydrogen) atoms. The predicted octanol–water partition coefficient (Wildman–Crippen LogP) is 4.26. The zero-order chi connectivity index (χ0) is 14.7. The van der Waals surface area contributed by atoms with Crippen LogP contribution in [0.1, 0.15) is 11.3 Å². The highest BCUT2D eigenvalue weighted by atomic mass is 35.5. The Bertz CT molecular complexity index is 703. The van der Waals surface area contributed by atoms with Crippen molar-refractivity contribution >= 4 is 39.8 Å². The Morgan fingerprint density at radius 3 is 2.81 bits per heavy atom. The van der Waals surface area contributed by atoms with Crippen molar-refractivity contribution in [1.29, 1.82) is 0 Å². The second kappa shape index (κ2) is 6.33. The maximum atomic E-state index is 12.0. The van der Waals surface area contributed by atoms with Gasteiger partial charge in [0, 0.05) is 11.9 Å². The quantitative estimate of drug-likeness (QED) is 0.658. The number of hydrogen-bond donors (Lipinski definition) is 0. The smallest absolute Gasteiger partial charge is 0.238 e. The first kappa shape index (κ1) is 14.2. The largest absolute Gasteiger partial charge is 0.459 e. The van der Waals surface area contributed by atoms with Crippen LogP contribution in [0.2, 0.25) is 0 Å². The van der Waals surface area contributed by atoms with E-state index in [0.717, 1.165) is 22.3 Å². The number of para-hydroxylation sites is 1. The monoisotopic (exact) mass is 319 g/mol. The van der Waals surface area contributed by atoms with E-state index < -0.39 is 0 Å². The minimum Gasteiger partial charge on any atom is -0.459 e. The predicted molar refractivity (Wildman–Crippen MR) is 85.5 cm³/mol. The summed E-state index contributed by atoms with van der Waals surface area (Å²) in [6.07, 6.45) is 0. The number of thiophene rings is 1. The normalized spacial score (nSPS) is 10.9. The van der Waals surface area contributed by atoms with Crippen molar-refractivity contribution < 1.29 is 9.21 Å². The lowest BCUT2D eigenvalue weighted by atomic mass is 10.2. The zero-order valence-corrected chi connectivity index (χ0v) is 12.9. The summed E-state index contributed by atoms with van der Waals surface area (Å²) in [7, 11) is 0. The van der Waals surface area contributed by atoms with Gasteiger partial charge in [0.1, 0.15) is 17.2 Å². The molecule has 3 rings (SSSR count). The van der Waals surface area contributed by atoms with Crippen LogP contribution in [-0.2, 0) is 17.9 Å². The average molecular weight is 320 g/mol. The van der Waals surface area contributed by atoms with E-state index in [1.165, 1.54) is 0 Å². The van der Waals surface area contributed by atoms with Gasteiger partial charge in [-0.3, -0.25) is 4.79 Å². The Morgan fingerprint density at radius 2 is 2.10 bits per heavy atom. The van der Waals surface area contributed by atoms with Gasteiger partial charge in [-0.2, -0.15) is 11.3 Å². The van der Waals surface area contributed by atoms with Crippen LogP contribution in [0.3, 0.4) is 0 Å². The molecule has 0 N–H and O–H groups in total. The van der Waals surface area contributed by atoms with Crippen molar-refractivity contribution in [3.05, 3.63) is 58.5 Å². The molecule has 0 spiro atoms. The summed E-state index contributed by atoms with van der Waals surface area (Å²) in [5.41, 5.74) is 1.94. The maximum absolute atomic E-state index is 12.0. The van der Waals surface area contributed by atoms with E-state index in [2.05, 4.69) is 0 Å². The van der Waals surface area contributed by atoms with Gasteiger partial charge in [-0.25, -0.2) is 0 Å². The SMILES string of the molecule is O=C(CCl)N(Cc1ccsc1)Cc1cc2ccccc2o1. The van der Waals surface area contributed by atoms with Crippen LogP contribution >= 0.6 is 22.9 Å². The number of hydrogen-bond acceptors (Lipinski definition) is 3. The van der Waals surface area contributed by atoms with Gasteiger partial charge in [-0.15, -0.1) is 11.6 Å². The molecule has 0 aliphatic carbocycles. The molecule has 0 radical (unpaired) electrons. The molecule has 0 aliphatic heterocycles. The highest BCUT2D eigenvalue weighted by Crippen LogP contribution is 2.21. The van der Waals surface area contributed by atoms with Crippen LogP contribution in [0, 0.1) is 0 Å². The molecule has 2 aromatic heterocycles. The zero-order valence-electron chi connectivity index (χ0n) is 11.3. The van der Waals surface area contributed by atoms with Gasteiger partial charge in [0.15, 0.2) is 0 Å². The average Bonchev–Trinajstić information content (AvgIpc) is 3.14. The number of carbonyl (C=O) groups is 1. The number of furan rings is 1. The Labute approximate surface area is 131 Å². The molecule has 3 aromatic rings. The lowest BCUT2D eigenvalue weighted by Crippen LogP contribution is -2.30. The molecule has 0 saturated heterocycles. The summed E-state index contributed by atoms with van der Waals surface area (Å²) in [6, 6.07) is 11.8. The third-order valence-corrected chi connectivity index (χ3v) is 4.20. The first-order chi connectivity index (χ1) is 10.3. The van der Waals surface area contributed by atoms with Gasteiger partial charge in [-0.1, -0.05) is 18.2 Å². The number of rotatable bonds is 5. The number of halogens is 1. The van der Waals surface area contributed by atoms with Crippen molar-refractivity contribution in [2.45, 2.75) is 13.1 Å². The molecule has 0 saturated carbocycles. The van der Waals surface area contributed by atoms with E-state index in [1.54, 1.807) is 16.2 Å². The third-order valence-electron chi connectivity index (χ3n) is 3.24. The topological polar surface area (TPSA) is 33.5 Å². The lowest BCUT2D eigenvalue weighted by Gasteiger charge is -2.20. The molecule has 0 bridgehead atoms. The second-order valence-electron chi connectivity index (χ2n) is 4.77. The van der Waals surface area contributed by atoms with Crippen molar-refractivity contribution in [1.82, 2.24) is 4.90 Å².